The first kappa shape index (κ1) is 23.0. The molecule has 1 heterocycles. The summed E-state index contributed by atoms with van der Waals surface area (Å²) >= 11 is 0. The number of hydrogen-bond acceptors (Lipinski definition) is 6. The van der Waals surface area contributed by atoms with E-state index in [1.807, 2.05) is 13.2 Å². The highest BCUT2D eigenvalue weighted by Crippen LogP contribution is 2.06. The molecule has 0 fully saturated rings. The first-order chi connectivity index (χ1) is 12.8. The number of hydrogen-bond donors (Lipinski definition) is 2. The van der Waals surface area contributed by atoms with Crippen molar-refractivity contribution in [2.75, 3.05) is 79.2 Å². The summed E-state index contributed by atoms with van der Waals surface area (Å²) in [6, 6.07) is 0. The lowest BCUT2D eigenvalue weighted by Crippen LogP contribution is -2.39. The van der Waals surface area contributed by atoms with Gasteiger partial charge in [0.1, 0.15) is 6.61 Å². The quantitative estimate of drug-likeness (QED) is 0.541. The molecule has 26 heavy (non-hydrogen) atoms. The molecule has 0 atom stereocenters. The van der Waals surface area contributed by atoms with E-state index < -0.39 is 0 Å². The van der Waals surface area contributed by atoms with Crippen LogP contribution in [0.4, 0.5) is 0 Å². The minimum absolute atomic E-state index is 0.715. The van der Waals surface area contributed by atoms with Crippen LogP contribution in [0.3, 0.4) is 0 Å². The number of rotatable bonds is 11. The van der Waals surface area contributed by atoms with Gasteiger partial charge in [-0.2, -0.15) is 0 Å². The lowest BCUT2D eigenvalue weighted by molar-refractivity contribution is 0.0876. The van der Waals surface area contributed by atoms with E-state index in [9.17, 15) is 0 Å². The van der Waals surface area contributed by atoms with E-state index in [1.165, 1.54) is 12.0 Å². The summed E-state index contributed by atoms with van der Waals surface area (Å²) in [6.07, 6.45) is 6.93. The summed E-state index contributed by atoms with van der Waals surface area (Å²) < 4.78 is 11.2. The smallest absolute Gasteiger partial charge is 0.100 e. The highest BCUT2D eigenvalue weighted by atomic mass is 16.5. The second-order valence-electron chi connectivity index (χ2n) is 6.78. The van der Waals surface area contributed by atoms with Crippen LogP contribution in [0.15, 0.2) is 24.6 Å². The van der Waals surface area contributed by atoms with Gasteiger partial charge in [0.25, 0.3) is 0 Å². The molecule has 0 amide bonds. The molecule has 152 valence electrons. The van der Waals surface area contributed by atoms with Gasteiger partial charge in [0.15, 0.2) is 0 Å². The van der Waals surface area contributed by atoms with Gasteiger partial charge in [0.05, 0.1) is 19.5 Å². The van der Waals surface area contributed by atoms with Gasteiger partial charge < -0.3 is 25.0 Å². The Labute approximate surface area is 160 Å². The van der Waals surface area contributed by atoms with E-state index in [0.717, 1.165) is 78.4 Å². The zero-order chi connectivity index (χ0) is 18.9. The lowest BCUT2D eigenvalue weighted by atomic mass is 10.1. The Morgan fingerprint density at radius 1 is 1.19 bits per heavy atom. The number of nitrogens with one attached hydrogen (secondary N) is 2. The molecule has 0 saturated heterocycles. The molecule has 0 unspecified atom stereocenters. The van der Waals surface area contributed by atoms with Crippen molar-refractivity contribution in [3.8, 4) is 0 Å². The van der Waals surface area contributed by atoms with E-state index in [-0.39, 0.29) is 0 Å². The third-order valence-electron chi connectivity index (χ3n) is 4.53. The van der Waals surface area contributed by atoms with E-state index >= 15 is 0 Å². The summed E-state index contributed by atoms with van der Waals surface area (Å²) in [7, 11) is 1.99. The van der Waals surface area contributed by atoms with Gasteiger partial charge in [-0.1, -0.05) is 19.1 Å². The maximum absolute atomic E-state index is 5.70. The van der Waals surface area contributed by atoms with Crippen molar-refractivity contribution in [1.82, 2.24) is 20.4 Å². The van der Waals surface area contributed by atoms with Gasteiger partial charge in [-0.15, -0.1) is 0 Å². The zero-order valence-electron chi connectivity index (χ0n) is 17.0. The van der Waals surface area contributed by atoms with Crippen molar-refractivity contribution in [2.24, 2.45) is 0 Å². The third-order valence-corrected chi connectivity index (χ3v) is 4.53. The third kappa shape index (κ3) is 12.3. The Kier molecular flexibility index (Phi) is 14.2. The molecule has 0 radical (unpaired) electrons. The van der Waals surface area contributed by atoms with Crippen molar-refractivity contribution in [2.45, 2.75) is 26.2 Å². The molecule has 0 bridgehead atoms. The van der Waals surface area contributed by atoms with Gasteiger partial charge in [0, 0.05) is 45.5 Å². The first-order valence-electron chi connectivity index (χ1n) is 10.1. The molecule has 0 aromatic carbocycles. The fraction of sp³-hybridized carbons (Fsp3) is 0.800. The molecule has 1 aliphatic heterocycles. The Morgan fingerprint density at radius 3 is 2.85 bits per heavy atom. The van der Waals surface area contributed by atoms with Crippen molar-refractivity contribution in [1.29, 1.82) is 0 Å². The Hall–Kier alpha value is -1.08. The van der Waals surface area contributed by atoms with Crippen LogP contribution in [0.2, 0.25) is 0 Å². The van der Waals surface area contributed by atoms with Crippen LogP contribution in [-0.4, -0.2) is 89.0 Å². The van der Waals surface area contributed by atoms with Gasteiger partial charge >= 0.3 is 0 Å². The standard InChI is InChI=1S/C20H40N4O2/c1-4-10-23(11-6-20(2)5-7-21-3)12-13-24-14-18-25-16-8-22-9-17-26-19-15-24/h8,16,21-22H,2,4-7,9-15,17-19H2,1,3H3/b16-8-. The largest absolute Gasteiger partial charge is 0.498 e. The minimum atomic E-state index is 0.715. The molecule has 1 rings (SSSR count). The predicted molar refractivity (Wildman–Crippen MR) is 109 cm³/mol. The van der Waals surface area contributed by atoms with Crippen molar-refractivity contribution in [3.63, 3.8) is 0 Å². The average molecular weight is 369 g/mol. The first-order valence-corrected chi connectivity index (χ1v) is 10.1. The van der Waals surface area contributed by atoms with Gasteiger partial charge in [-0.3, -0.25) is 4.90 Å². The van der Waals surface area contributed by atoms with Crippen molar-refractivity contribution >= 4 is 0 Å². The molecule has 0 spiro atoms. The molecule has 0 aromatic heterocycles. The summed E-state index contributed by atoms with van der Waals surface area (Å²) in [4.78, 5) is 5.01. The fourth-order valence-electron chi connectivity index (χ4n) is 2.87. The monoisotopic (exact) mass is 368 g/mol. The summed E-state index contributed by atoms with van der Waals surface area (Å²) in [5, 5.41) is 6.34. The van der Waals surface area contributed by atoms with Crippen LogP contribution >= 0.6 is 0 Å². The molecular weight excluding hydrogens is 328 g/mol. The average Bonchev–Trinajstić information content (AvgIpc) is 2.63. The van der Waals surface area contributed by atoms with Crippen LogP contribution in [0.1, 0.15) is 26.2 Å². The number of ether oxygens (including phenoxy) is 2. The van der Waals surface area contributed by atoms with Crippen LogP contribution in [0, 0.1) is 0 Å². The highest BCUT2D eigenvalue weighted by molar-refractivity contribution is 4.95. The second kappa shape index (κ2) is 16.1. The molecule has 0 aliphatic carbocycles. The molecule has 0 aromatic rings. The predicted octanol–water partition coefficient (Wildman–Crippen LogP) is 1.66. The molecular formula is C20H40N4O2. The maximum Gasteiger partial charge on any atom is 0.100 e. The Balaban J connectivity index is 2.36. The molecule has 1 aliphatic rings. The molecule has 6 nitrogen and oxygen atoms in total. The second-order valence-corrected chi connectivity index (χ2v) is 6.78. The summed E-state index contributed by atoms with van der Waals surface area (Å²) in [6.45, 7) is 16.8. The Bertz CT molecular complexity index is 377. The number of nitrogens with zero attached hydrogens (tertiary/aromatic N) is 2. The topological polar surface area (TPSA) is 49.0 Å². The highest BCUT2D eigenvalue weighted by Gasteiger charge is 2.10. The van der Waals surface area contributed by atoms with Crippen LogP contribution in [-0.2, 0) is 9.47 Å². The lowest BCUT2D eigenvalue weighted by Gasteiger charge is -2.28. The minimum Gasteiger partial charge on any atom is -0.498 e. The normalized spacial score (nSPS) is 18.4. The van der Waals surface area contributed by atoms with Gasteiger partial charge in [-0.05, 0) is 39.4 Å². The van der Waals surface area contributed by atoms with E-state index in [0.29, 0.717) is 6.61 Å². The van der Waals surface area contributed by atoms with E-state index in [4.69, 9.17) is 9.47 Å². The van der Waals surface area contributed by atoms with Crippen molar-refractivity contribution in [3.05, 3.63) is 24.6 Å². The Morgan fingerprint density at radius 2 is 2.04 bits per heavy atom. The zero-order valence-corrected chi connectivity index (χ0v) is 17.0. The van der Waals surface area contributed by atoms with Gasteiger partial charge in [0.2, 0.25) is 0 Å². The molecule has 0 saturated carbocycles. The van der Waals surface area contributed by atoms with Crippen LogP contribution < -0.4 is 10.6 Å². The van der Waals surface area contributed by atoms with E-state index in [1.54, 1.807) is 6.26 Å². The van der Waals surface area contributed by atoms with Crippen molar-refractivity contribution < 1.29 is 9.47 Å². The molecule has 6 heteroatoms. The van der Waals surface area contributed by atoms with E-state index in [2.05, 4.69) is 33.9 Å². The van der Waals surface area contributed by atoms with Crippen LogP contribution in [0.25, 0.3) is 0 Å². The fourth-order valence-corrected chi connectivity index (χ4v) is 2.87. The van der Waals surface area contributed by atoms with Gasteiger partial charge in [-0.25, -0.2) is 0 Å². The SMILES string of the molecule is C=C(CCNC)CCN(CCC)CCN1CCO/C=C\NCCOCC1. The summed E-state index contributed by atoms with van der Waals surface area (Å²) in [5.41, 5.74) is 1.34. The molecule has 2 N–H and O–H groups in total. The summed E-state index contributed by atoms with van der Waals surface area (Å²) in [5.74, 6) is 0. The maximum atomic E-state index is 5.70. The van der Waals surface area contributed by atoms with Crippen LogP contribution in [0.5, 0.6) is 0 Å².